The normalized spacial score (nSPS) is 19.6. The quantitative estimate of drug-likeness (QED) is 0.743. The van der Waals surface area contributed by atoms with E-state index in [4.69, 9.17) is 0 Å². The van der Waals surface area contributed by atoms with E-state index < -0.39 is 6.04 Å². The number of ketones is 1. The number of carbonyl (C=O) groups excluding carboxylic acids is 2. The highest BCUT2D eigenvalue weighted by atomic mass is 16.2. The van der Waals surface area contributed by atoms with Crippen LogP contribution >= 0.6 is 0 Å². The lowest BCUT2D eigenvalue weighted by molar-refractivity contribution is -0.129. The molecule has 1 amide bonds. The minimum absolute atomic E-state index is 0.0118. The van der Waals surface area contributed by atoms with Crippen LogP contribution in [0.1, 0.15) is 46.0 Å². The lowest BCUT2D eigenvalue weighted by atomic mass is 9.88. The molecule has 1 unspecified atom stereocenters. The van der Waals surface area contributed by atoms with Gasteiger partial charge in [-0.15, -0.1) is 0 Å². The maximum absolute atomic E-state index is 11.9. The van der Waals surface area contributed by atoms with Crippen molar-refractivity contribution in [3.8, 4) is 0 Å². The molecule has 3 heteroatoms. The molecule has 0 aromatic rings. The first-order chi connectivity index (χ1) is 7.65. The van der Waals surface area contributed by atoms with Crippen molar-refractivity contribution in [1.29, 1.82) is 0 Å². The number of allylic oxidation sites excluding steroid dienone is 1. The molecule has 3 nitrogen and oxygen atoms in total. The van der Waals surface area contributed by atoms with Crippen molar-refractivity contribution in [2.24, 2.45) is 5.92 Å². The van der Waals surface area contributed by atoms with Crippen molar-refractivity contribution in [2.75, 3.05) is 0 Å². The van der Waals surface area contributed by atoms with E-state index in [2.05, 4.69) is 5.32 Å². The van der Waals surface area contributed by atoms with Crippen molar-refractivity contribution < 1.29 is 9.59 Å². The predicted octanol–water partition coefficient (Wildman–Crippen LogP) is 2.22. The Hall–Kier alpha value is -1.12. The first-order valence-corrected chi connectivity index (χ1v) is 6.08. The number of carbonyl (C=O) groups is 2. The summed E-state index contributed by atoms with van der Waals surface area (Å²) in [6, 6.07) is -0.445. The molecule has 16 heavy (non-hydrogen) atoms. The predicted molar refractivity (Wildman–Crippen MR) is 64.0 cm³/mol. The molecule has 90 valence electrons. The average molecular weight is 223 g/mol. The Balaban J connectivity index is 2.50. The van der Waals surface area contributed by atoms with Crippen LogP contribution in [0.3, 0.4) is 0 Å². The summed E-state index contributed by atoms with van der Waals surface area (Å²) in [5.74, 6) is 0.140. The van der Waals surface area contributed by atoms with Crippen LogP contribution in [-0.4, -0.2) is 17.7 Å². The van der Waals surface area contributed by atoms with Crippen molar-refractivity contribution in [3.63, 3.8) is 0 Å². The van der Waals surface area contributed by atoms with E-state index in [1.807, 2.05) is 6.92 Å². The van der Waals surface area contributed by atoms with Crippen LogP contribution in [-0.2, 0) is 9.59 Å². The fourth-order valence-electron chi connectivity index (χ4n) is 2.11. The largest absolute Gasteiger partial charge is 0.343 e. The van der Waals surface area contributed by atoms with Gasteiger partial charge in [-0.3, -0.25) is 9.59 Å². The molecule has 0 radical (unpaired) electrons. The topological polar surface area (TPSA) is 46.2 Å². The van der Waals surface area contributed by atoms with Crippen LogP contribution in [0.4, 0.5) is 0 Å². The van der Waals surface area contributed by atoms with Crippen LogP contribution in [0.2, 0.25) is 0 Å². The molecule has 0 spiro atoms. The minimum atomic E-state index is -0.445. The van der Waals surface area contributed by atoms with Crippen molar-refractivity contribution in [2.45, 2.75) is 52.0 Å². The molecule has 1 atom stereocenters. The molecule has 0 heterocycles. The summed E-state index contributed by atoms with van der Waals surface area (Å²) < 4.78 is 0. The van der Waals surface area contributed by atoms with E-state index in [1.165, 1.54) is 13.3 Å². The molecule has 0 aromatic heterocycles. The standard InChI is InChI=1S/C13H21NO2/c1-3-7-12(10(2)15)14-13(16)11-8-5-4-6-9-11/h3,7,11-12H,4-6,8-9H2,1-2H3,(H,14,16)/b7-3+. The Morgan fingerprint density at radius 1 is 1.25 bits per heavy atom. The highest BCUT2D eigenvalue weighted by Crippen LogP contribution is 2.23. The van der Waals surface area contributed by atoms with Gasteiger partial charge < -0.3 is 5.32 Å². The van der Waals surface area contributed by atoms with Crippen molar-refractivity contribution in [1.82, 2.24) is 5.32 Å². The molecular formula is C13H21NO2. The fourth-order valence-corrected chi connectivity index (χ4v) is 2.11. The number of amides is 1. The van der Waals surface area contributed by atoms with Gasteiger partial charge in [0.05, 0.1) is 0 Å². The summed E-state index contributed by atoms with van der Waals surface area (Å²) in [6.07, 6.45) is 8.96. The second kappa shape index (κ2) is 6.46. The first kappa shape index (κ1) is 12.9. The molecule has 0 saturated heterocycles. The van der Waals surface area contributed by atoms with Crippen LogP contribution in [0.15, 0.2) is 12.2 Å². The third-order valence-electron chi connectivity index (χ3n) is 3.10. The van der Waals surface area contributed by atoms with Crippen molar-refractivity contribution >= 4 is 11.7 Å². The summed E-state index contributed by atoms with van der Waals surface area (Å²) >= 11 is 0. The molecule has 1 aliphatic rings. The van der Waals surface area contributed by atoms with Gasteiger partial charge in [0.25, 0.3) is 0 Å². The fraction of sp³-hybridized carbons (Fsp3) is 0.692. The highest BCUT2D eigenvalue weighted by Gasteiger charge is 2.23. The van der Waals surface area contributed by atoms with E-state index in [0.29, 0.717) is 0 Å². The molecule has 1 saturated carbocycles. The Morgan fingerprint density at radius 3 is 2.38 bits per heavy atom. The Bertz CT molecular complexity index is 278. The zero-order valence-electron chi connectivity index (χ0n) is 10.2. The lowest BCUT2D eigenvalue weighted by Gasteiger charge is -2.22. The summed E-state index contributed by atoms with van der Waals surface area (Å²) in [6.45, 7) is 3.36. The SMILES string of the molecule is C/C=C/C(NC(=O)C1CCCCC1)C(C)=O. The van der Waals surface area contributed by atoms with Gasteiger partial charge in [-0.25, -0.2) is 0 Å². The Kier molecular flexibility index (Phi) is 5.23. The van der Waals surface area contributed by atoms with E-state index in [-0.39, 0.29) is 17.6 Å². The van der Waals surface area contributed by atoms with Gasteiger partial charge >= 0.3 is 0 Å². The maximum atomic E-state index is 11.9. The van der Waals surface area contributed by atoms with E-state index in [0.717, 1.165) is 25.7 Å². The van der Waals surface area contributed by atoms with Gasteiger partial charge in [-0.1, -0.05) is 31.4 Å². The highest BCUT2D eigenvalue weighted by molar-refractivity contribution is 5.89. The maximum Gasteiger partial charge on any atom is 0.223 e. The number of nitrogens with one attached hydrogen (secondary N) is 1. The molecule has 1 fully saturated rings. The summed E-state index contributed by atoms with van der Waals surface area (Å²) in [4.78, 5) is 23.2. The zero-order valence-corrected chi connectivity index (χ0v) is 10.2. The van der Waals surface area contributed by atoms with Crippen molar-refractivity contribution in [3.05, 3.63) is 12.2 Å². The molecular weight excluding hydrogens is 202 g/mol. The summed E-state index contributed by atoms with van der Waals surface area (Å²) in [5.41, 5.74) is 0. The van der Waals surface area contributed by atoms with E-state index in [1.54, 1.807) is 12.2 Å². The summed E-state index contributed by atoms with van der Waals surface area (Å²) in [7, 11) is 0. The third-order valence-corrected chi connectivity index (χ3v) is 3.10. The summed E-state index contributed by atoms with van der Waals surface area (Å²) in [5, 5.41) is 2.81. The molecule has 0 aromatic carbocycles. The molecule has 0 bridgehead atoms. The Labute approximate surface area is 97.3 Å². The van der Waals surface area contributed by atoms with E-state index >= 15 is 0 Å². The number of rotatable bonds is 4. The van der Waals surface area contributed by atoms with Gasteiger partial charge in [0.15, 0.2) is 5.78 Å². The average Bonchev–Trinajstić information content (AvgIpc) is 2.29. The number of hydrogen-bond acceptors (Lipinski definition) is 2. The lowest BCUT2D eigenvalue weighted by Crippen LogP contribution is -2.42. The van der Waals surface area contributed by atoms with Crippen LogP contribution in [0.25, 0.3) is 0 Å². The van der Waals surface area contributed by atoms with Gasteiger partial charge in [0, 0.05) is 5.92 Å². The monoisotopic (exact) mass is 223 g/mol. The van der Waals surface area contributed by atoms with Gasteiger partial charge in [0.2, 0.25) is 5.91 Å². The van der Waals surface area contributed by atoms with Gasteiger partial charge in [0.1, 0.15) is 6.04 Å². The minimum Gasteiger partial charge on any atom is -0.343 e. The molecule has 1 N–H and O–H groups in total. The second-order valence-corrected chi connectivity index (χ2v) is 4.46. The number of hydrogen-bond donors (Lipinski definition) is 1. The van der Waals surface area contributed by atoms with Gasteiger partial charge in [-0.2, -0.15) is 0 Å². The number of Topliss-reactive ketones (excluding diaryl/α,β-unsaturated/α-hetero) is 1. The molecule has 0 aliphatic heterocycles. The van der Waals surface area contributed by atoms with Gasteiger partial charge in [-0.05, 0) is 26.7 Å². The van der Waals surface area contributed by atoms with Crippen LogP contribution < -0.4 is 5.32 Å². The van der Waals surface area contributed by atoms with E-state index in [9.17, 15) is 9.59 Å². The molecule has 1 aliphatic carbocycles. The first-order valence-electron chi connectivity index (χ1n) is 6.08. The van der Waals surface area contributed by atoms with Crippen LogP contribution in [0.5, 0.6) is 0 Å². The smallest absolute Gasteiger partial charge is 0.223 e. The molecule has 1 rings (SSSR count). The second-order valence-electron chi connectivity index (χ2n) is 4.46. The zero-order chi connectivity index (χ0) is 12.0. The van der Waals surface area contributed by atoms with Crippen LogP contribution in [0, 0.1) is 5.92 Å². The Morgan fingerprint density at radius 2 is 1.88 bits per heavy atom. The third kappa shape index (κ3) is 3.80.